The van der Waals surface area contributed by atoms with Crippen molar-refractivity contribution in [3.8, 4) is 5.75 Å². The van der Waals surface area contributed by atoms with E-state index in [4.69, 9.17) is 0 Å². The van der Waals surface area contributed by atoms with E-state index in [-0.39, 0.29) is 39.5 Å². The third-order valence-corrected chi connectivity index (χ3v) is 11.0. The van der Waals surface area contributed by atoms with Crippen molar-refractivity contribution in [2.24, 2.45) is 29.6 Å². The van der Waals surface area contributed by atoms with Crippen molar-refractivity contribution in [1.82, 2.24) is 4.98 Å². The highest BCUT2D eigenvalue weighted by molar-refractivity contribution is 8.00. The Labute approximate surface area is 216 Å². The Balaban J connectivity index is 1.34. The number of carbonyl (C=O) groups is 2. The number of aromatic amines is 1. The molecule has 3 fully saturated rings. The van der Waals surface area contributed by atoms with E-state index >= 15 is 0 Å². The highest BCUT2D eigenvalue weighted by Gasteiger charge is 2.70. The van der Waals surface area contributed by atoms with Gasteiger partial charge in [-0.3, -0.25) is 14.4 Å². The van der Waals surface area contributed by atoms with E-state index in [9.17, 15) is 32.7 Å². The van der Waals surface area contributed by atoms with Gasteiger partial charge in [-0.15, -0.1) is 11.8 Å². The van der Waals surface area contributed by atoms with Gasteiger partial charge < -0.3 is 10.1 Å². The molecule has 7 atom stereocenters. The van der Waals surface area contributed by atoms with Crippen LogP contribution < -0.4 is 9.77 Å². The molecule has 37 heavy (non-hydrogen) atoms. The SMILES string of the molecule is O=C1C2C3CC(C2C(=O)N1c1ccccc1C(F)(F)F)C1C3Sc2[nH]c(=O)sc2[C@@H]1c1ccccc1O. The van der Waals surface area contributed by atoms with Crippen LogP contribution >= 0.6 is 23.1 Å². The number of aromatic nitrogens is 1. The number of phenolic OH excluding ortho intramolecular Hbond substituents is 1. The first-order valence-corrected chi connectivity index (χ1v) is 13.6. The number of para-hydroxylation sites is 2. The Bertz CT molecular complexity index is 1530. The molecule has 0 spiro atoms. The fourth-order valence-electron chi connectivity index (χ4n) is 7.26. The van der Waals surface area contributed by atoms with Gasteiger partial charge in [-0.05, 0) is 42.4 Å². The lowest BCUT2D eigenvalue weighted by atomic mass is 9.68. The molecular weight excluding hydrogens is 525 g/mol. The van der Waals surface area contributed by atoms with Crippen LogP contribution in [0.25, 0.3) is 0 Å². The zero-order valence-electron chi connectivity index (χ0n) is 18.9. The number of alkyl halides is 3. The average Bonchev–Trinajstić information content (AvgIpc) is 3.58. The second-order valence-electron chi connectivity index (χ2n) is 10.0. The number of imide groups is 1. The minimum atomic E-state index is -4.71. The minimum Gasteiger partial charge on any atom is -0.508 e. The maximum Gasteiger partial charge on any atom is 0.418 e. The van der Waals surface area contributed by atoms with Crippen LogP contribution in [0.4, 0.5) is 18.9 Å². The van der Waals surface area contributed by atoms with E-state index < -0.39 is 41.1 Å². The molecule has 6 nitrogen and oxygen atoms in total. The Hall–Kier alpha value is -3.05. The van der Waals surface area contributed by atoms with Gasteiger partial charge in [0.05, 0.1) is 28.1 Å². The van der Waals surface area contributed by atoms with Gasteiger partial charge in [0.2, 0.25) is 11.8 Å². The van der Waals surface area contributed by atoms with Crippen molar-refractivity contribution in [2.45, 2.75) is 28.8 Å². The summed E-state index contributed by atoms with van der Waals surface area (Å²) in [4.78, 5) is 43.9. The predicted octanol–water partition coefficient (Wildman–Crippen LogP) is 4.84. The van der Waals surface area contributed by atoms with Gasteiger partial charge in [0.25, 0.3) is 0 Å². The average molecular weight is 545 g/mol. The summed E-state index contributed by atoms with van der Waals surface area (Å²) in [6.45, 7) is 0. The summed E-state index contributed by atoms with van der Waals surface area (Å²) in [5, 5.41) is 11.3. The predicted molar refractivity (Wildman–Crippen MR) is 131 cm³/mol. The molecule has 2 amide bonds. The highest BCUT2D eigenvalue weighted by atomic mass is 32.2. The largest absolute Gasteiger partial charge is 0.508 e. The van der Waals surface area contributed by atoms with Gasteiger partial charge in [0, 0.05) is 21.6 Å². The number of fused-ring (bicyclic) bond motifs is 9. The summed E-state index contributed by atoms with van der Waals surface area (Å²) < 4.78 is 41.3. The molecule has 2 aromatic carbocycles. The molecule has 1 saturated heterocycles. The molecule has 11 heteroatoms. The summed E-state index contributed by atoms with van der Waals surface area (Å²) in [5.41, 5.74) is -0.785. The van der Waals surface area contributed by atoms with Gasteiger partial charge in [-0.1, -0.05) is 41.7 Å². The summed E-state index contributed by atoms with van der Waals surface area (Å²) >= 11 is 2.56. The molecule has 2 bridgehead atoms. The summed E-state index contributed by atoms with van der Waals surface area (Å²) in [6.07, 6.45) is -4.11. The summed E-state index contributed by atoms with van der Waals surface area (Å²) in [5.74, 6) is -3.53. The van der Waals surface area contributed by atoms with Crippen LogP contribution in [-0.4, -0.2) is 27.2 Å². The maximum absolute atomic E-state index is 13.8. The number of phenols is 1. The molecule has 190 valence electrons. The number of rotatable bonds is 2. The molecule has 6 unspecified atom stereocenters. The molecule has 0 radical (unpaired) electrons. The van der Waals surface area contributed by atoms with E-state index in [1.54, 1.807) is 24.3 Å². The van der Waals surface area contributed by atoms with Crippen LogP contribution in [0.15, 0.2) is 58.4 Å². The van der Waals surface area contributed by atoms with Crippen molar-refractivity contribution in [3.63, 3.8) is 0 Å². The van der Waals surface area contributed by atoms with E-state index in [1.807, 2.05) is 0 Å². The Morgan fingerprint density at radius 2 is 1.62 bits per heavy atom. The number of anilines is 1. The van der Waals surface area contributed by atoms with Crippen molar-refractivity contribution in [3.05, 3.63) is 74.2 Å². The summed E-state index contributed by atoms with van der Waals surface area (Å²) in [7, 11) is 0. The number of aromatic hydroxyl groups is 1. The van der Waals surface area contributed by atoms with Crippen LogP contribution in [0, 0.1) is 29.6 Å². The Morgan fingerprint density at radius 1 is 0.946 bits per heavy atom. The molecule has 2 aliphatic carbocycles. The Kier molecular flexibility index (Phi) is 4.83. The van der Waals surface area contributed by atoms with Crippen LogP contribution in [0.5, 0.6) is 5.75 Å². The number of thioether (sulfide) groups is 1. The quantitative estimate of drug-likeness (QED) is 0.451. The number of benzene rings is 2. The van der Waals surface area contributed by atoms with Crippen molar-refractivity contribution >= 4 is 40.6 Å². The van der Waals surface area contributed by atoms with E-state index in [1.165, 1.54) is 30.0 Å². The highest BCUT2D eigenvalue weighted by Crippen LogP contribution is 2.69. The third kappa shape index (κ3) is 3.10. The lowest BCUT2D eigenvalue weighted by Crippen LogP contribution is -2.42. The molecule has 2 N–H and O–H groups in total. The monoisotopic (exact) mass is 544 g/mol. The van der Waals surface area contributed by atoms with Gasteiger partial charge in [0.15, 0.2) is 0 Å². The lowest BCUT2D eigenvalue weighted by molar-refractivity contribution is -0.137. The first-order chi connectivity index (χ1) is 17.7. The molecular formula is C26H19F3N2O4S2. The van der Waals surface area contributed by atoms with Crippen LogP contribution in [-0.2, 0) is 15.8 Å². The maximum atomic E-state index is 13.8. The van der Waals surface area contributed by atoms with E-state index in [0.717, 1.165) is 27.2 Å². The van der Waals surface area contributed by atoms with Crippen LogP contribution in [0.2, 0.25) is 0 Å². The minimum absolute atomic E-state index is 0.0822. The molecule has 3 heterocycles. The molecule has 2 saturated carbocycles. The number of nitrogens with zero attached hydrogens (tertiary/aromatic N) is 1. The second-order valence-corrected chi connectivity index (χ2v) is 12.2. The first-order valence-electron chi connectivity index (χ1n) is 11.9. The number of hydrogen-bond donors (Lipinski definition) is 2. The fraction of sp³-hybridized carbons (Fsp3) is 0.346. The normalized spacial score (nSPS) is 32.0. The number of carbonyl (C=O) groups excluding carboxylic acids is 2. The number of nitrogens with one attached hydrogen (secondary N) is 1. The van der Waals surface area contributed by atoms with E-state index in [0.29, 0.717) is 17.0 Å². The van der Waals surface area contributed by atoms with Gasteiger partial charge >= 0.3 is 11.0 Å². The third-order valence-electron chi connectivity index (χ3n) is 8.45. The molecule has 3 aromatic rings. The van der Waals surface area contributed by atoms with Crippen LogP contribution in [0.1, 0.15) is 28.3 Å². The van der Waals surface area contributed by atoms with Crippen molar-refractivity contribution in [1.29, 1.82) is 0 Å². The van der Waals surface area contributed by atoms with Gasteiger partial charge in [0.1, 0.15) is 5.75 Å². The number of thiazole rings is 1. The number of hydrogen-bond acceptors (Lipinski definition) is 6. The topological polar surface area (TPSA) is 90.5 Å². The van der Waals surface area contributed by atoms with E-state index in [2.05, 4.69) is 4.98 Å². The number of H-pyrrole nitrogens is 1. The van der Waals surface area contributed by atoms with Gasteiger partial charge in [-0.2, -0.15) is 13.2 Å². The number of amides is 2. The summed E-state index contributed by atoms with van der Waals surface area (Å²) in [6, 6.07) is 11.6. The molecule has 7 rings (SSSR count). The standard InChI is InChI=1S/C26H19F3N2O4S2/c27-26(28,29)13-6-2-3-7-14(13)31-23(33)18-11-9-12(19(18)24(31)34)20-17(11)16(10-5-1-4-8-15(10)32)21-22(36-20)30-25(35)37-21/h1-8,11-12,16-20,32H,9H2,(H,30,35)/t11?,12?,16-,17?,18?,19?,20?/m1/s1. The second kappa shape index (κ2) is 7.73. The number of halogens is 3. The first kappa shape index (κ1) is 23.1. The van der Waals surface area contributed by atoms with Crippen molar-refractivity contribution in [2.75, 3.05) is 4.90 Å². The zero-order valence-corrected chi connectivity index (χ0v) is 20.6. The van der Waals surface area contributed by atoms with Crippen molar-refractivity contribution < 1.29 is 27.9 Å². The van der Waals surface area contributed by atoms with Gasteiger partial charge in [-0.25, -0.2) is 4.90 Å². The fourth-order valence-corrected chi connectivity index (χ4v) is 10.1. The van der Waals surface area contributed by atoms with Crippen LogP contribution in [0.3, 0.4) is 0 Å². The smallest absolute Gasteiger partial charge is 0.418 e. The lowest BCUT2D eigenvalue weighted by Gasteiger charge is -2.43. The molecule has 4 aliphatic rings. The molecule has 2 aliphatic heterocycles. The molecule has 1 aromatic heterocycles. The Morgan fingerprint density at radius 3 is 2.35 bits per heavy atom. The zero-order chi connectivity index (χ0) is 25.8.